The average molecular weight is 1060 g/mol. The van der Waals surface area contributed by atoms with E-state index in [1.165, 1.54) is 250 Å². The largest absolute Gasteiger partial charge is 0.472 e. The van der Waals surface area contributed by atoms with E-state index in [1.807, 2.05) is 0 Å². The van der Waals surface area contributed by atoms with Crippen LogP contribution in [-0.4, -0.2) is 49.3 Å². The molecule has 0 aromatic rings. The molecule has 0 aliphatic rings. The quantitative estimate of drug-likeness (QED) is 0.0264. The van der Waals surface area contributed by atoms with Gasteiger partial charge in [0.1, 0.15) is 6.61 Å². The number of phosphoric ester groups is 1. The van der Waals surface area contributed by atoms with Crippen LogP contribution < -0.4 is 5.73 Å². The number of nitrogens with two attached hydrogens (primary N) is 1. The highest BCUT2D eigenvalue weighted by Gasteiger charge is 2.26. The minimum absolute atomic E-state index is 0.0564. The van der Waals surface area contributed by atoms with Gasteiger partial charge in [-0.15, -0.1) is 0 Å². The summed E-state index contributed by atoms with van der Waals surface area (Å²) in [6, 6.07) is 0. The number of hydrogen-bond donors (Lipinski definition) is 2. The Bertz CT molecular complexity index is 1310. The van der Waals surface area contributed by atoms with Gasteiger partial charge in [0.05, 0.1) is 13.2 Å². The molecule has 0 aromatic carbocycles. The standard InChI is InChI=1S/C64H122NO8P/c1-3-5-7-9-11-13-15-17-19-21-22-23-24-25-26-27-28-29-30-31-32-33-34-35-36-37-38-39-40-41-43-45-47-49-51-53-55-57-64(67)73-62(61-72-74(68,69)71-59-58-65)60-70-63(66)56-54-52-50-48-46-44-42-20-18-16-14-12-10-8-6-4-2/h15,17,21-22,24-25,62H,3-14,16,18-20,23,26-61,65H2,1-2H3,(H,68,69)/b17-15-,22-21-,25-24-. The molecule has 10 heteroatoms. The van der Waals surface area contributed by atoms with Crippen LogP contribution in [0.3, 0.4) is 0 Å². The molecule has 74 heavy (non-hydrogen) atoms. The Morgan fingerprint density at radius 1 is 0.405 bits per heavy atom. The van der Waals surface area contributed by atoms with Gasteiger partial charge in [-0.1, -0.05) is 301 Å². The van der Waals surface area contributed by atoms with Crippen molar-refractivity contribution in [2.75, 3.05) is 26.4 Å². The number of ether oxygens (including phenoxy) is 2. The Balaban J connectivity index is 3.79. The molecular formula is C64H122NO8P. The fourth-order valence-electron chi connectivity index (χ4n) is 9.53. The van der Waals surface area contributed by atoms with E-state index in [0.29, 0.717) is 6.42 Å². The molecule has 0 saturated heterocycles. The summed E-state index contributed by atoms with van der Waals surface area (Å²) in [5.74, 6) is -0.808. The molecule has 0 bridgehead atoms. The van der Waals surface area contributed by atoms with E-state index in [1.54, 1.807) is 0 Å². The van der Waals surface area contributed by atoms with Crippen LogP contribution in [0.4, 0.5) is 0 Å². The maximum absolute atomic E-state index is 12.7. The van der Waals surface area contributed by atoms with Gasteiger partial charge in [-0.05, 0) is 51.4 Å². The zero-order chi connectivity index (χ0) is 53.8. The predicted molar refractivity (Wildman–Crippen MR) is 317 cm³/mol. The lowest BCUT2D eigenvalue weighted by atomic mass is 10.0. The molecule has 0 aliphatic heterocycles. The van der Waals surface area contributed by atoms with Gasteiger partial charge >= 0.3 is 19.8 Å². The zero-order valence-electron chi connectivity index (χ0n) is 48.8. The van der Waals surface area contributed by atoms with Crippen molar-refractivity contribution in [1.29, 1.82) is 0 Å². The summed E-state index contributed by atoms with van der Waals surface area (Å²) < 4.78 is 33.1. The summed E-state index contributed by atoms with van der Waals surface area (Å²) >= 11 is 0. The number of allylic oxidation sites excluding steroid dienone is 6. The van der Waals surface area contributed by atoms with E-state index in [0.717, 1.165) is 44.9 Å². The first kappa shape index (κ1) is 72.2. The molecule has 3 N–H and O–H groups in total. The molecule has 0 aromatic heterocycles. The van der Waals surface area contributed by atoms with Crippen LogP contribution in [0.1, 0.15) is 328 Å². The van der Waals surface area contributed by atoms with Crippen molar-refractivity contribution >= 4 is 19.8 Å². The molecule has 0 saturated carbocycles. The van der Waals surface area contributed by atoms with Crippen LogP contribution in [0.2, 0.25) is 0 Å². The summed E-state index contributed by atoms with van der Waals surface area (Å²) in [6.45, 7) is 3.79. The maximum Gasteiger partial charge on any atom is 0.472 e. The lowest BCUT2D eigenvalue weighted by molar-refractivity contribution is -0.161. The SMILES string of the molecule is CCCCCCC/C=C\C/C=C\C/C=C\CCCCCCCCCCCCCCCCCCCCCCCCC(=O)OC(COC(=O)CCCCCCCCCCCCCCCCCC)COP(=O)(O)OCCN. The van der Waals surface area contributed by atoms with Gasteiger partial charge in [-0.3, -0.25) is 18.6 Å². The van der Waals surface area contributed by atoms with Gasteiger partial charge in [0.15, 0.2) is 6.10 Å². The molecule has 436 valence electrons. The number of carbonyl (C=O) groups excluding carboxylic acids is 2. The molecule has 2 atom stereocenters. The van der Waals surface area contributed by atoms with Gasteiger partial charge in [-0.2, -0.15) is 0 Å². The van der Waals surface area contributed by atoms with Gasteiger partial charge in [0.25, 0.3) is 0 Å². The third-order valence-corrected chi connectivity index (χ3v) is 15.3. The summed E-state index contributed by atoms with van der Waals surface area (Å²) in [5, 5.41) is 0. The van der Waals surface area contributed by atoms with Crippen molar-refractivity contribution < 1.29 is 37.6 Å². The lowest BCUT2D eigenvalue weighted by Gasteiger charge is -2.19. The zero-order valence-corrected chi connectivity index (χ0v) is 49.7. The van der Waals surface area contributed by atoms with Crippen LogP contribution in [-0.2, 0) is 32.7 Å². The highest BCUT2D eigenvalue weighted by Crippen LogP contribution is 2.43. The Hall–Kier alpha value is -1.77. The summed E-state index contributed by atoms with van der Waals surface area (Å²) in [6.07, 6.45) is 73.7. The van der Waals surface area contributed by atoms with Crippen molar-refractivity contribution in [3.8, 4) is 0 Å². The highest BCUT2D eigenvalue weighted by molar-refractivity contribution is 7.47. The summed E-state index contributed by atoms with van der Waals surface area (Å²) in [4.78, 5) is 35.2. The van der Waals surface area contributed by atoms with E-state index < -0.39 is 26.5 Å². The smallest absolute Gasteiger partial charge is 0.462 e. The molecule has 0 fully saturated rings. The molecule has 2 unspecified atom stereocenters. The number of carbonyl (C=O) groups is 2. The van der Waals surface area contributed by atoms with Crippen molar-refractivity contribution in [1.82, 2.24) is 0 Å². The highest BCUT2D eigenvalue weighted by atomic mass is 31.2. The Morgan fingerprint density at radius 2 is 0.703 bits per heavy atom. The van der Waals surface area contributed by atoms with Gasteiger partial charge < -0.3 is 20.1 Å². The second-order valence-corrected chi connectivity index (χ2v) is 23.1. The predicted octanol–water partition coefficient (Wildman–Crippen LogP) is 20.4. The Morgan fingerprint density at radius 3 is 1.04 bits per heavy atom. The minimum atomic E-state index is -4.38. The first-order valence-corrected chi connectivity index (χ1v) is 33.5. The Labute approximate surface area is 458 Å². The number of unbranched alkanes of at least 4 members (excludes halogenated alkanes) is 42. The first-order valence-electron chi connectivity index (χ1n) is 32.0. The minimum Gasteiger partial charge on any atom is -0.462 e. The molecule has 0 rings (SSSR count). The van der Waals surface area contributed by atoms with Crippen molar-refractivity contribution in [3.05, 3.63) is 36.5 Å². The lowest BCUT2D eigenvalue weighted by Crippen LogP contribution is -2.29. The van der Waals surface area contributed by atoms with E-state index >= 15 is 0 Å². The fraction of sp³-hybridized carbons (Fsp3) is 0.875. The first-order chi connectivity index (χ1) is 36.3. The molecule has 0 radical (unpaired) electrons. The van der Waals surface area contributed by atoms with Crippen LogP contribution in [0.15, 0.2) is 36.5 Å². The molecule has 0 aliphatic carbocycles. The van der Waals surface area contributed by atoms with Crippen LogP contribution in [0.25, 0.3) is 0 Å². The third kappa shape index (κ3) is 59.5. The maximum atomic E-state index is 12.7. The van der Waals surface area contributed by atoms with Gasteiger partial charge in [0, 0.05) is 19.4 Å². The fourth-order valence-corrected chi connectivity index (χ4v) is 10.3. The second kappa shape index (κ2) is 60.5. The molecule has 9 nitrogen and oxygen atoms in total. The number of hydrogen-bond acceptors (Lipinski definition) is 8. The van der Waals surface area contributed by atoms with E-state index in [-0.39, 0.29) is 38.6 Å². The average Bonchev–Trinajstić information content (AvgIpc) is 3.39. The van der Waals surface area contributed by atoms with E-state index in [2.05, 4.69) is 50.3 Å². The number of rotatable bonds is 61. The number of phosphoric acid groups is 1. The van der Waals surface area contributed by atoms with Crippen molar-refractivity contribution in [3.63, 3.8) is 0 Å². The van der Waals surface area contributed by atoms with Crippen LogP contribution in [0.5, 0.6) is 0 Å². The second-order valence-electron chi connectivity index (χ2n) is 21.6. The van der Waals surface area contributed by atoms with E-state index in [4.69, 9.17) is 24.3 Å². The molecule has 0 heterocycles. The van der Waals surface area contributed by atoms with Crippen LogP contribution in [0, 0.1) is 0 Å². The van der Waals surface area contributed by atoms with Crippen molar-refractivity contribution in [2.24, 2.45) is 5.73 Å². The normalized spacial score (nSPS) is 13.2. The topological polar surface area (TPSA) is 134 Å². The molecular weight excluding hydrogens is 942 g/mol. The number of esters is 2. The van der Waals surface area contributed by atoms with Crippen LogP contribution >= 0.6 is 7.82 Å². The van der Waals surface area contributed by atoms with Crippen molar-refractivity contribution in [2.45, 2.75) is 335 Å². The third-order valence-electron chi connectivity index (χ3n) is 14.3. The molecule has 0 amide bonds. The Kier molecular flexibility index (Phi) is 59.0. The molecule has 0 spiro atoms. The summed E-state index contributed by atoms with van der Waals surface area (Å²) in [5.41, 5.74) is 5.39. The van der Waals surface area contributed by atoms with E-state index in [9.17, 15) is 19.0 Å². The van der Waals surface area contributed by atoms with Gasteiger partial charge in [-0.25, -0.2) is 4.57 Å². The van der Waals surface area contributed by atoms with Gasteiger partial charge in [0.2, 0.25) is 0 Å². The summed E-state index contributed by atoms with van der Waals surface area (Å²) in [7, 11) is -4.38. The monoisotopic (exact) mass is 1060 g/mol.